The Morgan fingerprint density at radius 2 is 1.95 bits per heavy atom. The average molecular weight is 329 g/mol. The van der Waals surface area contributed by atoms with Crippen molar-refractivity contribution in [1.82, 2.24) is 5.32 Å². The minimum atomic E-state index is 0.336. The first-order valence-corrected chi connectivity index (χ1v) is 7.50. The molecule has 0 saturated heterocycles. The summed E-state index contributed by atoms with van der Waals surface area (Å²) in [6.07, 6.45) is 1.03. The summed E-state index contributed by atoms with van der Waals surface area (Å²) in [4.78, 5) is 0. The summed E-state index contributed by atoms with van der Waals surface area (Å²) in [5.74, 6) is 0. The van der Waals surface area contributed by atoms with Crippen molar-refractivity contribution in [2.24, 2.45) is 0 Å². The molecule has 0 fully saturated rings. The van der Waals surface area contributed by atoms with Crippen molar-refractivity contribution in [2.45, 2.75) is 25.9 Å². The van der Waals surface area contributed by atoms with E-state index in [-0.39, 0.29) is 0 Å². The van der Waals surface area contributed by atoms with E-state index in [0.29, 0.717) is 11.6 Å². The van der Waals surface area contributed by atoms with Gasteiger partial charge in [-0.15, -0.1) is 0 Å². The monoisotopic (exact) mass is 328 g/mol. The van der Waals surface area contributed by atoms with Crippen LogP contribution in [0.1, 0.15) is 36.1 Å². The summed E-state index contributed by atoms with van der Waals surface area (Å²) in [5.41, 5.74) is 3.18. The summed E-state index contributed by atoms with van der Waals surface area (Å²) >= 11 is 3.51. The predicted octanol–water partition coefficient (Wildman–Crippen LogP) is 4.56. The minimum Gasteiger partial charge on any atom is -0.306 e. The Labute approximate surface area is 128 Å². The predicted molar refractivity (Wildman–Crippen MR) is 85.2 cm³/mol. The molecule has 0 aliphatic carbocycles. The van der Waals surface area contributed by atoms with Crippen LogP contribution in [0.5, 0.6) is 0 Å². The smallest absolute Gasteiger partial charge is 0.0991 e. The van der Waals surface area contributed by atoms with Gasteiger partial charge in [0, 0.05) is 17.1 Å². The number of rotatable bonds is 5. The van der Waals surface area contributed by atoms with Crippen LogP contribution in [0.25, 0.3) is 0 Å². The highest BCUT2D eigenvalue weighted by atomic mass is 79.9. The van der Waals surface area contributed by atoms with Crippen LogP contribution in [-0.4, -0.2) is 0 Å². The number of halogens is 1. The largest absolute Gasteiger partial charge is 0.306 e. The van der Waals surface area contributed by atoms with Gasteiger partial charge in [-0.2, -0.15) is 5.26 Å². The van der Waals surface area contributed by atoms with Gasteiger partial charge in [0.25, 0.3) is 0 Å². The van der Waals surface area contributed by atoms with Crippen molar-refractivity contribution >= 4 is 15.9 Å². The van der Waals surface area contributed by atoms with E-state index < -0.39 is 0 Å². The molecule has 2 aromatic carbocycles. The maximum absolute atomic E-state index is 8.79. The Balaban J connectivity index is 2.02. The van der Waals surface area contributed by atoms with Gasteiger partial charge >= 0.3 is 0 Å². The Morgan fingerprint density at radius 3 is 2.55 bits per heavy atom. The van der Waals surface area contributed by atoms with E-state index in [1.54, 1.807) is 0 Å². The maximum atomic E-state index is 8.79. The van der Waals surface area contributed by atoms with Gasteiger partial charge in [0.2, 0.25) is 0 Å². The Kier molecular flexibility index (Phi) is 5.34. The fourth-order valence-corrected chi connectivity index (χ4v) is 2.58. The van der Waals surface area contributed by atoms with Crippen molar-refractivity contribution in [3.8, 4) is 6.07 Å². The van der Waals surface area contributed by atoms with E-state index in [4.69, 9.17) is 5.26 Å². The third-order valence-electron chi connectivity index (χ3n) is 3.29. The molecule has 1 unspecified atom stereocenters. The second kappa shape index (κ2) is 7.23. The zero-order valence-electron chi connectivity index (χ0n) is 11.4. The molecule has 2 aromatic rings. The molecule has 0 spiro atoms. The first-order chi connectivity index (χ1) is 9.72. The minimum absolute atomic E-state index is 0.336. The van der Waals surface area contributed by atoms with E-state index in [1.807, 2.05) is 30.3 Å². The van der Waals surface area contributed by atoms with Gasteiger partial charge in [0.1, 0.15) is 0 Å². The van der Waals surface area contributed by atoms with Crippen molar-refractivity contribution in [1.29, 1.82) is 5.26 Å². The van der Waals surface area contributed by atoms with Crippen LogP contribution in [0.3, 0.4) is 0 Å². The standard InChI is InChI=1S/C17H17BrN2/c1-2-17(15-4-3-5-16(18)10-15)20-12-14-8-6-13(11-19)7-9-14/h3-10,17,20H,2,12H2,1H3. The third-order valence-corrected chi connectivity index (χ3v) is 3.79. The molecule has 0 aromatic heterocycles. The van der Waals surface area contributed by atoms with E-state index in [9.17, 15) is 0 Å². The van der Waals surface area contributed by atoms with Gasteiger partial charge in [0.05, 0.1) is 11.6 Å². The molecule has 1 N–H and O–H groups in total. The fourth-order valence-electron chi connectivity index (χ4n) is 2.16. The molecule has 2 rings (SSSR count). The third kappa shape index (κ3) is 3.93. The van der Waals surface area contributed by atoms with Gasteiger partial charge in [-0.25, -0.2) is 0 Å². The number of nitrogens with zero attached hydrogens (tertiary/aromatic N) is 1. The summed E-state index contributed by atoms with van der Waals surface area (Å²) in [5, 5.41) is 12.4. The second-order valence-electron chi connectivity index (χ2n) is 4.71. The molecule has 0 bridgehead atoms. The Hall–Kier alpha value is -1.63. The topological polar surface area (TPSA) is 35.8 Å². The summed E-state index contributed by atoms with van der Waals surface area (Å²) in [6.45, 7) is 2.98. The lowest BCUT2D eigenvalue weighted by Crippen LogP contribution is -2.20. The van der Waals surface area contributed by atoms with E-state index >= 15 is 0 Å². The summed E-state index contributed by atoms with van der Waals surface area (Å²) < 4.78 is 1.11. The molecule has 1 atom stereocenters. The number of hydrogen-bond donors (Lipinski definition) is 1. The van der Waals surface area contributed by atoms with E-state index in [1.165, 1.54) is 11.1 Å². The highest BCUT2D eigenvalue weighted by molar-refractivity contribution is 9.10. The lowest BCUT2D eigenvalue weighted by Gasteiger charge is -2.18. The first-order valence-electron chi connectivity index (χ1n) is 6.71. The molecule has 3 heteroatoms. The molecular formula is C17H17BrN2. The number of nitrogens with one attached hydrogen (secondary N) is 1. The van der Waals surface area contributed by atoms with Gasteiger partial charge in [-0.3, -0.25) is 0 Å². The Bertz CT molecular complexity index is 599. The van der Waals surface area contributed by atoms with Crippen LogP contribution in [0.4, 0.5) is 0 Å². The van der Waals surface area contributed by atoms with Crippen LogP contribution in [0.15, 0.2) is 53.0 Å². The molecule has 102 valence electrons. The van der Waals surface area contributed by atoms with Crippen molar-refractivity contribution in [2.75, 3.05) is 0 Å². The molecule has 20 heavy (non-hydrogen) atoms. The van der Waals surface area contributed by atoms with Crippen LogP contribution in [-0.2, 0) is 6.54 Å². The van der Waals surface area contributed by atoms with Gasteiger partial charge in [0.15, 0.2) is 0 Å². The number of hydrogen-bond acceptors (Lipinski definition) is 2. The highest BCUT2D eigenvalue weighted by Crippen LogP contribution is 2.21. The number of benzene rings is 2. The van der Waals surface area contributed by atoms with Crippen LogP contribution in [0.2, 0.25) is 0 Å². The zero-order valence-corrected chi connectivity index (χ0v) is 13.0. The maximum Gasteiger partial charge on any atom is 0.0991 e. The van der Waals surface area contributed by atoms with Gasteiger partial charge in [-0.05, 0) is 41.8 Å². The summed E-state index contributed by atoms with van der Waals surface area (Å²) in [6, 6.07) is 18.6. The summed E-state index contributed by atoms with van der Waals surface area (Å²) in [7, 11) is 0. The zero-order chi connectivity index (χ0) is 14.4. The van der Waals surface area contributed by atoms with Crippen molar-refractivity contribution in [3.63, 3.8) is 0 Å². The molecule has 0 saturated carbocycles. The van der Waals surface area contributed by atoms with Crippen LogP contribution >= 0.6 is 15.9 Å². The molecule has 0 aliphatic heterocycles. The highest BCUT2D eigenvalue weighted by Gasteiger charge is 2.08. The SMILES string of the molecule is CCC(NCc1ccc(C#N)cc1)c1cccc(Br)c1. The molecule has 0 aliphatic rings. The molecular weight excluding hydrogens is 312 g/mol. The second-order valence-corrected chi connectivity index (χ2v) is 5.62. The van der Waals surface area contributed by atoms with Gasteiger partial charge < -0.3 is 5.32 Å². The molecule has 0 heterocycles. The quantitative estimate of drug-likeness (QED) is 0.873. The molecule has 0 amide bonds. The lowest BCUT2D eigenvalue weighted by atomic mass is 10.0. The normalized spacial score (nSPS) is 11.8. The molecule has 0 radical (unpaired) electrons. The van der Waals surface area contributed by atoms with E-state index in [2.05, 4.69) is 52.4 Å². The Morgan fingerprint density at radius 1 is 1.20 bits per heavy atom. The van der Waals surface area contributed by atoms with Crippen molar-refractivity contribution in [3.05, 3.63) is 69.7 Å². The van der Waals surface area contributed by atoms with Gasteiger partial charge in [-0.1, -0.05) is 47.1 Å². The van der Waals surface area contributed by atoms with Crippen LogP contribution < -0.4 is 5.32 Å². The van der Waals surface area contributed by atoms with Crippen molar-refractivity contribution < 1.29 is 0 Å². The first kappa shape index (κ1) is 14.8. The average Bonchev–Trinajstić information content (AvgIpc) is 2.48. The lowest BCUT2D eigenvalue weighted by molar-refractivity contribution is 0.519. The molecule has 2 nitrogen and oxygen atoms in total. The van der Waals surface area contributed by atoms with Crippen LogP contribution in [0, 0.1) is 11.3 Å². The van der Waals surface area contributed by atoms with E-state index in [0.717, 1.165) is 17.4 Å². The fraction of sp³-hybridized carbons (Fsp3) is 0.235. The number of nitriles is 1.